The minimum atomic E-state index is -0.00280. The summed E-state index contributed by atoms with van der Waals surface area (Å²) in [6.45, 7) is 2.45. The number of nitrogens with zero attached hydrogens (tertiary/aromatic N) is 5. The Hall–Kier alpha value is -3.16. The number of anilines is 2. The third-order valence-electron chi connectivity index (χ3n) is 4.73. The Bertz CT molecular complexity index is 854. The summed E-state index contributed by atoms with van der Waals surface area (Å²) in [6.07, 6.45) is 2.28. The Morgan fingerprint density at radius 2 is 2.04 bits per heavy atom. The average Bonchev–Trinajstić information content (AvgIpc) is 2.70. The molecule has 0 unspecified atom stereocenters. The summed E-state index contributed by atoms with van der Waals surface area (Å²) in [5.41, 5.74) is 1.77. The van der Waals surface area contributed by atoms with E-state index in [1.807, 2.05) is 42.3 Å². The highest BCUT2D eigenvalue weighted by atomic mass is 16.2. The van der Waals surface area contributed by atoms with Crippen LogP contribution in [0.5, 0.6) is 0 Å². The lowest BCUT2D eigenvalue weighted by atomic mass is 10.1. The lowest BCUT2D eigenvalue weighted by Gasteiger charge is -2.32. The van der Waals surface area contributed by atoms with Gasteiger partial charge in [-0.05, 0) is 24.1 Å². The van der Waals surface area contributed by atoms with Gasteiger partial charge in [-0.1, -0.05) is 12.1 Å². The van der Waals surface area contributed by atoms with Gasteiger partial charge < -0.3 is 20.0 Å². The molecule has 0 aliphatic carbocycles. The minimum Gasteiger partial charge on any atom is -0.370 e. The first-order chi connectivity index (χ1) is 13.4. The zero-order valence-electron chi connectivity index (χ0n) is 16.6. The van der Waals surface area contributed by atoms with Crippen LogP contribution in [0.1, 0.15) is 15.9 Å². The van der Waals surface area contributed by atoms with Gasteiger partial charge in [0.05, 0.1) is 6.54 Å². The third-order valence-corrected chi connectivity index (χ3v) is 4.73. The summed E-state index contributed by atoms with van der Waals surface area (Å²) < 4.78 is 0. The summed E-state index contributed by atoms with van der Waals surface area (Å²) in [4.78, 5) is 37.8. The van der Waals surface area contributed by atoms with Crippen molar-refractivity contribution in [3.05, 3.63) is 47.8 Å². The van der Waals surface area contributed by atoms with E-state index in [2.05, 4.69) is 15.3 Å². The van der Waals surface area contributed by atoms with Crippen LogP contribution in [-0.2, 0) is 11.2 Å². The van der Waals surface area contributed by atoms with Crippen molar-refractivity contribution in [3.8, 4) is 0 Å². The number of benzene rings is 1. The van der Waals surface area contributed by atoms with Crippen molar-refractivity contribution in [3.63, 3.8) is 0 Å². The fourth-order valence-corrected chi connectivity index (χ4v) is 3.02. The van der Waals surface area contributed by atoms with Crippen LogP contribution in [0, 0.1) is 0 Å². The van der Waals surface area contributed by atoms with E-state index in [0.29, 0.717) is 25.2 Å². The fourth-order valence-electron chi connectivity index (χ4n) is 3.02. The second-order valence-electron chi connectivity index (χ2n) is 7.08. The van der Waals surface area contributed by atoms with Crippen molar-refractivity contribution >= 4 is 23.5 Å². The first kappa shape index (κ1) is 19.6. The molecule has 1 N–H and O–H groups in total. The number of aromatic nitrogens is 2. The first-order valence-corrected chi connectivity index (χ1v) is 9.29. The van der Waals surface area contributed by atoms with Crippen LogP contribution in [0.25, 0.3) is 0 Å². The molecule has 0 spiro atoms. The van der Waals surface area contributed by atoms with Crippen LogP contribution in [0.2, 0.25) is 0 Å². The summed E-state index contributed by atoms with van der Waals surface area (Å²) in [5, 5.41) is 3.30. The number of hydrogen-bond donors (Lipinski definition) is 1. The Labute approximate surface area is 165 Å². The molecule has 1 aliphatic rings. The molecule has 1 aromatic carbocycles. The average molecular weight is 382 g/mol. The van der Waals surface area contributed by atoms with Crippen molar-refractivity contribution in [2.24, 2.45) is 0 Å². The molecule has 8 nitrogen and oxygen atoms in total. The predicted octanol–water partition coefficient (Wildman–Crippen LogP) is 1.11. The summed E-state index contributed by atoms with van der Waals surface area (Å²) in [5.74, 6) is 1.55. The first-order valence-electron chi connectivity index (χ1n) is 9.29. The molecule has 1 aliphatic heterocycles. The normalized spacial score (nSPS) is 14.2. The number of hydrogen-bond acceptors (Lipinski definition) is 6. The van der Waals surface area contributed by atoms with E-state index in [-0.39, 0.29) is 11.8 Å². The number of rotatable bonds is 6. The van der Waals surface area contributed by atoms with E-state index in [9.17, 15) is 9.59 Å². The monoisotopic (exact) mass is 382 g/mol. The molecular formula is C20H26N6O2. The van der Waals surface area contributed by atoms with Gasteiger partial charge in [0.15, 0.2) is 0 Å². The lowest BCUT2D eigenvalue weighted by molar-refractivity contribution is -0.129. The third kappa shape index (κ3) is 4.76. The van der Waals surface area contributed by atoms with E-state index >= 15 is 0 Å². The van der Waals surface area contributed by atoms with E-state index in [1.165, 1.54) is 6.33 Å². The van der Waals surface area contributed by atoms with Gasteiger partial charge in [0.2, 0.25) is 5.91 Å². The molecule has 2 heterocycles. The Kier molecular flexibility index (Phi) is 6.08. The maximum atomic E-state index is 12.1. The van der Waals surface area contributed by atoms with Gasteiger partial charge >= 0.3 is 0 Å². The quantitative estimate of drug-likeness (QED) is 0.806. The van der Waals surface area contributed by atoms with Crippen LogP contribution in [-0.4, -0.2) is 78.9 Å². The van der Waals surface area contributed by atoms with Gasteiger partial charge in [-0.2, -0.15) is 0 Å². The smallest absolute Gasteiger partial charge is 0.253 e. The number of piperazine rings is 1. The van der Waals surface area contributed by atoms with Gasteiger partial charge in [-0.15, -0.1) is 0 Å². The van der Waals surface area contributed by atoms with Crippen LogP contribution >= 0.6 is 0 Å². The highest BCUT2D eigenvalue weighted by Crippen LogP contribution is 2.16. The zero-order chi connectivity index (χ0) is 20.1. The van der Waals surface area contributed by atoms with Crippen LogP contribution in [0.15, 0.2) is 36.7 Å². The van der Waals surface area contributed by atoms with Crippen molar-refractivity contribution < 1.29 is 9.59 Å². The molecular weight excluding hydrogens is 356 g/mol. The second kappa shape index (κ2) is 8.69. The van der Waals surface area contributed by atoms with Gasteiger partial charge in [-0.25, -0.2) is 9.97 Å². The number of carbonyl (C=O) groups is 2. The predicted molar refractivity (Wildman–Crippen MR) is 109 cm³/mol. The lowest BCUT2D eigenvalue weighted by Crippen LogP contribution is -2.48. The molecule has 1 fully saturated rings. The second-order valence-corrected chi connectivity index (χ2v) is 7.08. The number of carbonyl (C=O) groups excluding carboxylic acids is 2. The molecule has 2 aromatic rings. The van der Waals surface area contributed by atoms with E-state index in [4.69, 9.17) is 0 Å². The van der Waals surface area contributed by atoms with Crippen LogP contribution in [0.3, 0.4) is 0 Å². The van der Waals surface area contributed by atoms with Crippen molar-refractivity contribution in [2.45, 2.75) is 6.42 Å². The van der Waals surface area contributed by atoms with Crippen molar-refractivity contribution in [1.29, 1.82) is 0 Å². The topological polar surface area (TPSA) is 81.7 Å². The number of nitrogens with one attached hydrogen (secondary N) is 1. The SMILES string of the molecule is CN(C)C(=O)c1cccc(CCNc2cc(N3CCN(C)C(=O)C3)ncn2)c1. The Morgan fingerprint density at radius 3 is 2.79 bits per heavy atom. The maximum Gasteiger partial charge on any atom is 0.253 e. The number of likely N-dealkylation sites (N-methyl/N-ethyl adjacent to an activating group) is 1. The van der Waals surface area contributed by atoms with Gasteiger partial charge in [-0.3, -0.25) is 9.59 Å². The van der Waals surface area contributed by atoms with Crippen LogP contribution in [0.4, 0.5) is 11.6 Å². The standard InChI is InChI=1S/C20H26N6O2/c1-24(2)20(28)16-6-4-5-15(11-16)7-8-21-17-12-18(23-14-22-17)26-10-9-25(3)19(27)13-26/h4-6,11-12,14H,7-10,13H2,1-3H3,(H,21,22,23). The Morgan fingerprint density at radius 1 is 1.21 bits per heavy atom. The molecule has 0 bridgehead atoms. The van der Waals surface area contributed by atoms with Gasteiger partial charge in [0.1, 0.15) is 18.0 Å². The van der Waals surface area contributed by atoms with Crippen molar-refractivity contribution in [2.75, 3.05) is 57.5 Å². The van der Waals surface area contributed by atoms with Crippen LogP contribution < -0.4 is 10.2 Å². The maximum absolute atomic E-state index is 12.1. The highest BCUT2D eigenvalue weighted by molar-refractivity contribution is 5.94. The molecule has 0 saturated carbocycles. The van der Waals surface area contributed by atoms with Crippen molar-refractivity contribution in [1.82, 2.24) is 19.8 Å². The highest BCUT2D eigenvalue weighted by Gasteiger charge is 2.22. The summed E-state index contributed by atoms with van der Waals surface area (Å²) in [7, 11) is 5.31. The largest absolute Gasteiger partial charge is 0.370 e. The molecule has 28 heavy (non-hydrogen) atoms. The number of amides is 2. The summed E-state index contributed by atoms with van der Waals surface area (Å²) >= 11 is 0. The Balaban J connectivity index is 1.58. The minimum absolute atomic E-state index is 0.00280. The van der Waals surface area contributed by atoms with Gasteiger partial charge in [0.25, 0.3) is 5.91 Å². The molecule has 8 heteroatoms. The van der Waals surface area contributed by atoms with E-state index in [1.54, 1.807) is 23.9 Å². The molecule has 3 rings (SSSR count). The molecule has 148 valence electrons. The molecule has 0 radical (unpaired) electrons. The fraction of sp³-hybridized carbons (Fsp3) is 0.400. The zero-order valence-corrected chi connectivity index (χ0v) is 16.6. The van der Waals surface area contributed by atoms with Gasteiger partial charge in [0, 0.05) is 52.4 Å². The molecule has 0 atom stereocenters. The van der Waals surface area contributed by atoms with E-state index in [0.717, 1.165) is 30.2 Å². The van der Waals surface area contributed by atoms with E-state index < -0.39 is 0 Å². The molecule has 2 amide bonds. The molecule has 1 aromatic heterocycles. The molecule has 1 saturated heterocycles. The summed E-state index contributed by atoms with van der Waals surface area (Å²) in [6, 6.07) is 9.53.